The Balaban J connectivity index is 2.34. The molecule has 0 aliphatic heterocycles. The van der Waals surface area contributed by atoms with Crippen molar-refractivity contribution in [2.45, 2.75) is 6.54 Å². The van der Waals surface area contributed by atoms with Gasteiger partial charge in [-0.2, -0.15) is 4.98 Å². The van der Waals surface area contributed by atoms with Crippen molar-refractivity contribution in [1.29, 1.82) is 0 Å². The predicted octanol–water partition coefficient (Wildman–Crippen LogP) is -0.448. The Labute approximate surface area is 82.1 Å². The molecule has 0 radical (unpaired) electrons. The number of anilines is 1. The molecule has 0 spiro atoms. The molecule has 0 aromatic carbocycles. The van der Waals surface area contributed by atoms with Crippen molar-refractivity contribution in [3.8, 4) is 0 Å². The molecule has 0 aliphatic carbocycles. The third-order valence-corrected chi connectivity index (χ3v) is 1.58. The van der Waals surface area contributed by atoms with E-state index >= 15 is 0 Å². The van der Waals surface area contributed by atoms with Crippen molar-refractivity contribution >= 4 is 11.7 Å². The van der Waals surface area contributed by atoms with Crippen LogP contribution in [0.3, 0.4) is 0 Å². The number of oxazole rings is 1. The fourth-order valence-corrected chi connectivity index (χ4v) is 0.904. The maximum absolute atomic E-state index is 11.0. The second kappa shape index (κ2) is 5.23. The van der Waals surface area contributed by atoms with Crippen LogP contribution in [0.15, 0.2) is 10.7 Å². The van der Waals surface area contributed by atoms with Crippen molar-refractivity contribution in [2.24, 2.45) is 0 Å². The van der Waals surface area contributed by atoms with E-state index in [1.807, 2.05) is 0 Å². The highest BCUT2D eigenvalue weighted by Gasteiger charge is 2.04. The van der Waals surface area contributed by atoms with Crippen LogP contribution in [-0.2, 0) is 11.3 Å². The minimum Gasteiger partial charge on any atom is -0.445 e. The summed E-state index contributed by atoms with van der Waals surface area (Å²) in [6.07, 6.45) is 1.50. The Morgan fingerprint density at radius 1 is 1.57 bits per heavy atom. The van der Waals surface area contributed by atoms with Gasteiger partial charge >= 0.3 is 0 Å². The number of amides is 1. The molecule has 1 aromatic heterocycles. The first-order valence-electron chi connectivity index (χ1n) is 4.29. The first kappa shape index (κ1) is 10.5. The minimum absolute atomic E-state index is 0.0864. The minimum atomic E-state index is -0.0864. The SMILES string of the molecule is CNCC(=O)NCc1nc(NC)co1. The van der Waals surface area contributed by atoms with E-state index in [0.717, 1.165) is 0 Å². The molecule has 0 saturated carbocycles. The number of rotatable bonds is 5. The number of nitrogens with one attached hydrogen (secondary N) is 3. The summed E-state index contributed by atoms with van der Waals surface area (Å²) in [5, 5.41) is 8.23. The standard InChI is InChI=1S/C8H14N4O2/c1-9-3-7(13)11-4-8-12-6(10-2)5-14-8/h5,9-10H,3-4H2,1-2H3,(H,11,13). The van der Waals surface area contributed by atoms with Gasteiger partial charge in [-0.3, -0.25) is 4.79 Å². The van der Waals surface area contributed by atoms with Gasteiger partial charge in [-0.05, 0) is 7.05 Å². The van der Waals surface area contributed by atoms with E-state index < -0.39 is 0 Å². The Morgan fingerprint density at radius 2 is 2.36 bits per heavy atom. The van der Waals surface area contributed by atoms with Crippen LogP contribution < -0.4 is 16.0 Å². The zero-order valence-corrected chi connectivity index (χ0v) is 8.26. The Kier molecular flexibility index (Phi) is 3.93. The lowest BCUT2D eigenvalue weighted by atomic mass is 10.5. The quantitative estimate of drug-likeness (QED) is 0.597. The van der Waals surface area contributed by atoms with Gasteiger partial charge in [0.1, 0.15) is 6.26 Å². The van der Waals surface area contributed by atoms with Crippen molar-refractivity contribution in [2.75, 3.05) is 26.0 Å². The summed E-state index contributed by atoms with van der Waals surface area (Å²) in [5.74, 6) is 1.05. The zero-order chi connectivity index (χ0) is 10.4. The van der Waals surface area contributed by atoms with Gasteiger partial charge in [-0.1, -0.05) is 0 Å². The molecule has 0 aliphatic rings. The summed E-state index contributed by atoms with van der Waals surface area (Å²) in [5.41, 5.74) is 0. The lowest BCUT2D eigenvalue weighted by Crippen LogP contribution is -2.31. The molecule has 6 nitrogen and oxygen atoms in total. The van der Waals surface area contributed by atoms with E-state index in [0.29, 0.717) is 24.8 Å². The van der Waals surface area contributed by atoms with Crippen LogP contribution in [-0.4, -0.2) is 31.5 Å². The van der Waals surface area contributed by atoms with Crippen LogP contribution in [0, 0.1) is 0 Å². The molecule has 1 heterocycles. The third kappa shape index (κ3) is 3.06. The molecular weight excluding hydrogens is 184 g/mol. The van der Waals surface area contributed by atoms with Crippen LogP contribution in [0.5, 0.6) is 0 Å². The molecule has 14 heavy (non-hydrogen) atoms. The Bertz CT molecular complexity index is 297. The molecule has 1 amide bonds. The number of carbonyl (C=O) groups excluding carboxylic acids is 1. The lowest BCUT2D eigenvalue weighted by Gasteiger charge is -2.00. The molecule has 78 valence electrons. The summed E-state index contributed by atoms with van der Waals surface area (Å²) in [6, 6.07) is 0. The molecule has 1 aromatic rings. The first-order chi connectivity index (χ1) is 6.76. The number of carbonyl (C=O) groups is 1. The average Bonchev–Trinajstić information content (AvgIpc) is 2.63. The second-order valence-corrected chi connectivity index (χ2v) is 2.68. The van der Waals surface area contributed by atoms with Gasteiger partial charge in [-0.25, -0.2) is 0 Å². The monoisotopic (exact) mass is 198 g/mol. The Hall–Kier alpha value is -1.56. The number of hydrogen-bond donors (Lipinski definition) is 3. The summed E-state index contributed by atoms with van der Waals surface area (Å²) in [6.45, 7) is 0.599. The van der Waals surface area contributed by atoms with Crippen molar-refractivity contribution < 1.29 is 9.21 Å². The second-order valence-electron chi connectivity index (χ2n) is 2.68. The maximum Gasteiger partial charge on any atom is 0.234 e. The number of nitrogens with zero attached hydrogens (tertiary/aromatic N) is 1. The number of likely N-dealkylation sites (N-methyl/N-ethyl adjacent to an activating group) is 1. The van der Waals surface area contributed by atoms with E-state index in [1.165, 1.54) is 6.26 Å². The summed E-state index contributed by atoms with van der Waals surface area (Å²) < 4.78 is 5.08. The Morgan fingerprint density at radius 3 is 2.93 bits per heavy atom. The van der Waals surface area contributed by atoms with E-state index in [-0.39, 0.29) is 5.91 Å². The molecule has 0 saturated heterocycles. The zero-order valence-electron chi connectivity index (χ0n) is 8.26. The molecule has 0 unspecified atom stereocenters. The normalized spacial score (nSPS) is 9.86. The molecular formula is C8H14N4O2. The van der Waals surface area contributed by atoms with Gasteiger partial charge < -0.3 is 20.4 Å². The largest absolute Gasteiger partial charge is 0.445 e. The van der Waals surface area contributed by atoms with Crippen LogP contribution in [0.1, 0.15) is 5.89 Å². The molecule has 6 heteroatoms. The molecule has 0 bridgehead atoms. The summed E-state index contributed by atoms with van der Waals surface area (Å²) in [4.78, 5) is 15.1. The van der Waals surface area contributed by atoms with Crippen molar-refractivity contribution in [1.82, 2.24) is 15.6 Å². The highest BCUT2D eigenvalue weighted by molar-refractivity contribution is 5.77. The van der Waals surface area contributed by atoms with Crippen LogP contribution in [0.4, 0.5) is 5.82 Å². The highest BCUT2D eigenvalue weighted by Crippen LogP contribution is 2.05. The fraction of sp³-hybridized carbons (Fsp3) is 0.500. The maximum atomic E-state index is 11.0. The van der Waals surface area contributed by atoms with Crippen molar-refractivity contribution in [3.63, 3.8) is 0 Å². The predicted molar refractivity (Wildman–Crippen MR) is 51.8 cm³/mol. The van der Waals surface area contributed by atoms with Gasteiger partial charge in [-0.15, -0.1) is 0 Å². The smallest absolute Gasteiger partial charge is 0.234 e. The number of aromatic nitrogens is 1. The van der Waals surface area contributed by atoms with Crippen LogP contribution in [0.2, 0.25) is 0 Å². The van der Waals surface area contributed by atoms with E-state index in [2.05, 4.69) is 20.9 Å². The fourth-order valence-electron chi connectivity index (χ4n) is 0.904. The molecule has 1 rings (SSSR count). The molecule has 0 fully saturated rings. The van der Waals surface area contributed by atoms with Gasteiger partial charge in [0.05, 0.1) is 13.1 Å². The topological polar surface area (TPSA) is 79.2 Å². The van der Waals surface area contributed by atoms with Crippen molar-refractivity contribution in [3.05, 3.63) is 12.2 Å². The summed E-state index contributed by atoms with van der Waals surface area (Å²) >= 11 is 0. The van der Waals surface area contributed by atoms with Gasteiger partial charge in [0.15, 0.2) is 5.82 Å². The van der Waals surface area contributed by atoms with Gasteiger partial charge in [0, 0.05) is 7.05 Å². The summed E-state index contributed by atoms with van der Waals surface area (Å²) in [7, 11) is 3.46. The lowest BCUT2D eigenvalue weighted by molar-refractivity contribution is -0.120. The van der Waals surface area contributed by atoms with E-state index in [9.17, 15) is 4.79 Å². The van der Waals surface area contributed by atoms with E-state index in [1.54, 1.807) is 14.1 Å². The van der Waals surface area contributed by atoms with Gasteiger partial charge in [0.2, 0.25) is 11.8 Å². The first-order valence-corrected chi connectivity index (χ1v) is 4.29. The number of hydrogen-bond acceptors (Lipinski definition) is 5. The van der Waals surface area contributed by atoms with Gasteiger partial charge in [0.25, 0.3) is 0 Å². The average molecular weight is 198 g/mol. The molecule has 3 N–H and O–H groups in total. The van der Waals surface area contributed by atoms with Crippen LogP contribution in [0.25, 0.3) is 0 Å². The van der Waals surface area contributed by atoms with Crippen LogP contribution >= 0.6 is 0 Å². The highest BCUT2D eigenvalue weighted by atomic mass is 16.3. The van der Waals surface area contributed by atoms with E-state index in [4.69, 9.17) is 4.42 Å². The molecule has 0 atom stereocenters. The third-order valence-electron chi connectivity index (χ3n) is 1.58.